The van der Waals surface area contributed by atoms with E-state index >= 15 is 0 Å². The van der Waals surface area contributed by atoms with E-state index in [9.17, 15) is 19.5 Å². The highest BCUT2D eigenvalue weighted by molar-refractivity contribution is 5.79. The average Bonchev–Trinajstić information content (AvgIpc) is 3.30. The molecule has 1 aromatic rings. The summed E-state index contributed by atoms with van der Waals surface area (Å²) >= 11 is 0. The SMILES string of the molecule is C[C@]12CCC(=O)CC1CC[C@@H]1[C@H]2C(CCCc2cc(OCCCCC(N)=O)cc(OCCCCC(N)=O)c2)C[C@]2(C)C(O)CC[C@@H]12. The van der Waals surface area contributed by atoms with Gasteiger partial charge in [0.15, 0.2) is 0 Å². The molecule has 0 aliphatic heterocycles. The van der Waals surface area contributed by atoms with Crippen LogP contribution in [0.15, 0.2) is 18.2 Å². The molecule has 8 nitrogen and oxygen atoms in total. The van der Waals surface area contributed by atoms with E-state index in [2.05, 4.69) is 26.0 Å². The zero-order valence-electron chi connectivity index (χ0n) is 28.3. The number of rotatable bonds is 16. The Balaban J connectivity index is 1.27. The van der Waals surface area contributed by atoms with E-state index in [4.69, 9.17) is 20.9 Å². The van der Waals surface area contributed by atoms with Gasteiger partial charge in [0.25, 0.3) is 0 Å². The van der Waals surface area contributed by atoms with E-state index in [0.29, 0.717) is 74.3 Å². The van der Waals surface area contributed by atoms with Crippen molar-refractivity contribution in [3.8, 4) is 11.5 Å². The van der Waals surface area contributed by atoms with Crippen LogP contribution in [-0.2, 0) is 20.8 Å². The van der Waals surface area contributed by atoms with Crippen molar-refractivity contribution in [2.75, 3.05) is 13.2 Å². The van der Waals surface area contributed by atoms with Crippen LogP contribution >= 0.6 is 0 Å². The van der Waals surface area contributed by atoms with Crippen LogP contribution in [-0.4, -0.2) is 42.0 Å². The quantitative estimate of drug-likeness (QED) is 0.182. The van der Waals surface area contributed by atoms with Crippen LogP contribution in [0, 0.1) is 40.4 Å². The van der Waals surface area contributed by atoms with Crippen molar-refractivity contribution in [1.82, 2.24) is 0 Å². The Hall–Kier alpha value is -2.61. The Morgan fingerprint density at radius 2 is 1.52 bits per heavy atom. The summed E-state index contributed by atoms with van der Waals surface area (Å²) in [5.41, 5.74) is 12.0. The number of Topliss-reactive ketones (excluding diaryl/α,β-unsaturated/α-hetero) is 1. The number of aryl methyl sites for hydroxylation is 1. The van der Waals surface area contributed by atoms with Gasteiger partial charge in [-0.2, -0.15) is 0 Å². The number of ketones is 1. The maximum absolute atomic E-state index is 12.5. The molecular weight excluding hydrogens is 580 g/mol. The smallest absolute Gasteiger partial charge is 0.217 e. The summed E-state index contributed by atoms with van der Waals surface area (Å²) in [6, 6.07) is 6.15. The third kappa shape index (κ3) is 7.91. The zero-order valence-corrected chi connectivity index (χ0v) is 28.3. The molecule has 46 heavy (non-hydrogen) atoms. The number of aliphatic hydroxyl groups excluding tert-OH is 1. The fourth-order valence-corrected chi connectivity index (χ4v) is 10.4. The van der Waals surface area contributed by atoms with Gasteiger partial charge < -0.3 is 26.0 Å². The van der Waals surface area contributed by atoms with E-state index in [1.807, 2.05) is 6.07 Å². The van der Waals surface area contributed by atoms with Gasteiger partial charge in [0.05, 0.1) is 19.3 Å². The number of carbonyl (C=O) groups excluding carboxylic acids is 3. The molecule has 4 saturated carbocycles. The summed E-state index contributed by atoms with van der Waals surface area (Å²) in [4.78, 5) is 34.7. The predicted octanol–water partition coefficient (Wildman–Crippen LogP) is 6.28. The molecule has 1 aromatic carbocycles. The van der Waals surface area contributed by atoms with Gasteiger partial charge in [-0.1, -0.05) is 13.8 Å². The van der Waals surface area contributed by atoms with E-state index in [1.54, 1.807) is 0 Å². The van der Waals surface area contributed by atoms with E-state index in [1.165, 1.54) is 18.4 Å². The highest BCUT2D eigenvalue weighted by Gasteiger charge is 2.62. The molecule has 256 valence electrons. The number of amides is 2. The highest BCUT2D eigenvalue weighted by Crippen LogP contribution is 2.68. The van der Waals surface area contributed by atoms with E-state index in [-0.39, 0.29) is 28.7 Å². The lowest BCUT2D eigenvalue weighted by Crippen LogP contribution is -2.57. The van der Waals surface area contributed by atoms with Gasteiger partial charge in [-0.05, 0) is 142 Å². The first-order valence-electron chi connectivity index (χ1n) is 18.2. The molecule has 0 spiro atoms. The number of primary amides is 2. The van der Waals surface area contributed by atoms with Crippen molar-refractivity contribution >= 4 is 17.6 Å². The largest absolute Gasteiger partial charge is 0.493 e. The van der Waals surface area contributed by atoms with Crippen LogP contribution in [0.2, 0.25) is 0 Å². The Bertz CT molecular complexity index is 1190. The fraction of sp³-hybridized carbons (Fsp3) is 0.763. The van der Waals surface area contributed by atoms with Gasteiger partial charge in [0.2, 0.25) is 11.8 Å². The van der Waals surface area contributed by atoms with E-state index < -0.39 is 0 Å². The molecule has 0 aromatic heterocycles. The lowest BCUT2D eigenvalue weighted by atomic mass is 9.42. The minimum absolute atomic E-state index is 0.00267. The second kappa shape index (κ2) is 15.1. The first kappa shape index (κ1) is 34.7. The van der Waals surface area contributed by atoms with Gasteiger partial charge in [0.1, 0.15) is 17.3 Å². The topological polar surface area (TPSA) is 142 Å². The molecule has 0 radical (unpaired) electrons. The molecule has 8 heteroatoms. The molecule has 8 atom stereocenters. The number of aliphatic hydroxyl groups is 1. The van der Waals surface area contributed by atoms with Crippen molar-refractivity contribution in [2.24, 2.45) is 51.9 Å². The monoisotopic (exact) mass is 638 g/mol. The minimum atomic E-state index is -0.292. The van der Waals surface area contributed by atoms with Crippen LogP contribution in [0.25, 0.3) is 0 Å². The van der Waals surface area contributed by atoms with Crippen molar-refractivity contribution in [3.05, 3.63) is 23.8 Å². The highest BCUT2D eigenvalue weighted by atomic mass is 16.5. The van der Waals surface area contributed by atoms with Gasteiger partial charge in [0, 0.05) is 31.7 Å². The molecule has 5 N–H and O–H groups in total. The summed E-state index contributed by atoms with van der Waals surface area (Å²) in [6.07, 6.45) is 14.5. The molecular formula is C38H58N2O6. The van der Waals surface area contributed by atoms with E-state index in [0.717, 1.165) is 82.1 Å². The number of ether oxygens (including phenoxy) is 2. The normalized spacial score (nSPS) is 33.5. The fourth-order valence-electron chi connectivity index (χ4n) is 10.4. The third-order valence-corrected chi connectivity index (χ3v) is 12.7. The van der Waals surface area contributed by atoms with Gasteiger partial charge in [-0.15, -0.1) is 0 Å². The molecule has 4 aliphatic carbocycles. The summed E-state index contributed by atoms with van der Waals surface area (Å²) in [5.74, 6) is 4.32. The van der Waals surface area contributed by atoms with Crippen molar-refractivity contribution in [1.29, 1.82) is 0 Å². The van der Waals surface area contributed by atoms with Crippen LogP contribution in [0.3, 0.4) is 0 Å². The van der Waals surface area contributed by atoms with Gasteiger partial charge in [-0.25, -0.2) is 0 Å². The summed E-state index contributed by atoms with van der Waals surface area (Å²) in [7, 11) is 0. The molecule has 0 bridgehead atoms. The lowest BCUT2D eigenvalue weighted by Gasteiger charge is -2.62. The average molecular weight is 639 g/mol. The maximum Gasteiger partial charge on any atom is 0.217 e. The molecule has 0 saturated heterocycles. The standard InChI is InChI=1S/C38H58N2O6/c1-37-17-16-28(41)22-27(37)12-13-31-32-14-15-33(42)38(32,2)24-26(36(31)37)9-7-8-25-20-29(45-18-5-3-10-34(39)43)23-30(21-25)46-19-6-4-11-35(40)44/h20-21,23,26-27,31-33,36,42H,3-19,22,24H2,1-2H3,(H2,39,43)(H2,40,44)/t26?,27?,31-,32-,33?,36+,37-,38-/m0/s1. The van der Waals surface area contributed by atoms with Crippen LogP contribution < -0.4 is 20.9 Å². The van der Waals surface area contributed by atoms with Crippen molar-refractivity contribution in [2.45, 2.75) is 129 Å². The molecule has 2 amide bonds. The van der Waals surface area contributed by atoms with Crippen molar-refractivity contribution < 1.29 is 29.0 Å². The predicted molar refractivity (Wildman–Crippen MR) is 178 cm³/mol. The zero-order chi connectivity index (χ0) is 32.9. The number of nitrogens with two attached hydrogens (primary N) is 2. The number of carbonyl (C=O) groups is 3. The number of fused-ring (bicyclic) bond motifs is 5. The van der Waals surface area contributed by atoms with Crippen LogP contribution in [0.1, 0.15) is 122 Å². The maximum atomic E-state index is 12.5. The lowest BCUT2D eigenvalue weighted by molar-refractivity contribution is -0.159. The number of unbranched alkanes of at least 4 members (excludes halogenated alkanes) is 2. The molecule has 4 fully saturated rings. The Morgan fingerprint density at radius 1 is 0.870 bits per heavy atom. The first-order valence-corrected chi connectivity index (χ1v) is 18.2. The summed E-state index contributed by atoms with van der Waals surface area (Å²) < 4.78 is 12.2. The minimum Gasteiger partial charge on any atom is -0.493 e. The molecule has 4 aliphatic rings. The van der Waals surface area contributed by atoms with Gasteiger partial charge >= 0.3 is 0 Å². The molecule has 5 rings (SSSR count). The second-order valence-electron chi connectivity index (χ2n) is 15.6. The second-order valence-corrected chi connectivity index (χ2v) is 15.6. The number of hydrogen-bond acceptors (Lipinski definition) is 6. The molecule has 0 heterocycles. The summed E-state index contributed by atoms with van der Waals surface area (Å²) in [5, 5.41) is 11.2. The molecule has 3 unspecified atom stereocenters. The summed E-state index contributed by atoms with van der Waals surface area (Å²) in [6.45, 7) is 5.89. The number of benzene rings is 1. The third-order valence-electron chi connectivity index (χ3n) is 12.7. The Morgan fingerprint density at radius 3 is 2.15 bits per heavy atom. The van der Waals surface area contributed by atoms with Gasteiger partial charge in [-0.3, -0.25) is 14.4 Å². The van der Waals surface area contributed by atoms with Crippen LogP contribution in [0.4, 0.5) is 0 Å². The first-order chi connectivity index (χ1) is 22.0. The van der Waals surface area contributed by atoms with Crippen LogP contribution in [0.5, 0.6) is 11.5 Å². The number of hydrogen-bond donors (Lipinski definition) is 3. The Labute approximate surface area is 275 Å². The Kier molecular flexibility index (Phi) is 11.4. The van der Waals surface area contributed by atoms with Crippen molar-refractivity contribution in [3.63, 3.8) is 0 Å².